The van der Waals surface area contributed by atoms with Gasteiger partial charge in [0.1, 0.15) is 5.75 Å². The highest BCUT2D eigenvalue weighted by atomic mass is 16.5. The van der Waals surface area contributed by atoms with E-state index in [1.807, 2.05) is 24.3 Å². The van der Waals surface area contributed by atoms with Crippen molar-refractivity contribution >= 4 is 17.6 Å². The third-order valence-electron chi connectivity index (χ3n) is 4.43. The normalized spacial score (nSPS) is 12.2. The standard InChI is InChI=1S/C18H17N5O3/c1-23-16-13(15(22-23)17(24)25)8-3-10-9-19-18(21-14(10)16)20-11-4-6-12(26-2)7-5-11/h4-7,9H,3,8H2,1-2H3,(H,24,25)(H,19,20,21). The maximum Gasteiger partial charge on any atom is 0.356 e. The van der Waals surface area contributed by atoms with E-state index in [0.717, 1.165) is 34.0 Å². The number of methoxy groups -OCH3 is 1. The Kier molecular flexibility index (Phi) is 3.80. The van der Waals surface area contributed by atoms with E-state index in [4.69, 9.17) is 4.74 Å². The molecule has 0 atom stereocenters. The molecule has 2 aromatic heterocycles. The summed E-state index contributed by atoms with van der Waals surface area (Å²) < 4.78 is 6.74. The fraction of sp³-hybridized carbons (Fsp3) is 0.222. The Hall–Kier alpha value is -3.42. The van der Waals surface area contributed by atoms with Crippen molar-refractivity contribution in [3.05, 3.63) is 47.3 Å². The minimum atomic E-state index is -1.02. The third-order valence-corrected chi connectivity index (χ3v) is 4.43. The van der Waals surface area contributed by atoms with Crippen LogP contribution in [0.3, 0.4) is 0 Å². The Morgan fingerprint density at radius 2 is 2.04 bits per heavy atom. The van der Waals surface area contributed by atoms with Gasteiger partial charge in [0.05, 0.1) is 18.5 Å². The average Bonchev–Trinajstić information content (AvgIpc) is 3.00. The van der Waals surface area contributed by atoms with Crippen molar-refractivity contribution in [3.8, 4) is 17.1 Å². The molecule has 2 N–H and O–H groups in total. The second-order valence-electron chi connectivity index (χ2n) is 6.03. The summed E-state index contributed by atoms with van der Waals surface area (Å²) in [5.41, 5.74) is 4.09. The quantitative estimate of drug-likeness (QED) is 0.744. The zero-order valence-corrected chi connectivity index (χ0v) is 14.4. The Balaban J connectivity index is 1.72. The highest BCUT2D eigenvalue weighted by Crippen LogP contribution is 2.34. The molecule has 0 aliphatic heterocycles. The van der Waals surface area contributed by atoms with Crippen molar-refractivity contribution in [3.63, 3.8) is 0 Å². The van der Waals surface area contributed by atoms with E-state index < -0.39 is 5.97 Å². The van der Waals surface area contributed by atoms with Gasteiger partial charge in [0.25, 0.3) is 0 Å². The molecule has 1 aliphatic rings. The molecule has 0 amide bonds. The lowest BCUT2D eigenvalue weighted by molar-refractivity contribution is 0.0688. The number of hydrogen-bond acceptors (Lipinski definition) is 6. The van der Waals surface area contributed by atoms with E-state index in [-0.39, 0.29) is 5.69 Å². The van der Waals surface area contributed by atoms with Crippen LogP contribution in [0.1, 0.15) is 21.6 Å². The van der Waals surface area contributed by atoms with Crippen LogP contribution in [0.15, 0.2) is 30.5 Å². The number of anilines is 2. The van der Waals surface area contributed by atoms with Crippen LogP contribution >= 0.6 is 0 Å². The number of ether oxygens (including phenoxy) is 1. The molecule has 1 aliphatic carbocycles. The first kappa shape index (κ1) is 16.1. The first-order chi connectivity index (χ1) is 12.6. The predicted molar refractivity (Wildman–Crippen MR) is 94.9 cm³/mol. The van der Waals surface area contributed by atoms with Gasteiger partial charge in [-0.25, -0.2) is 14.8 Å². The molecule has 4 rings (SSSR count). The molecule has 26 heavy (non-hydrogen) atoms. The number of nitrogens with zero attached hydrogens (tertiary/aromatic N) is 4. The van der Waals surface area contributed by atoms with E-state index in [1.165, 1.54) is 0 Å². The summed E-state index contributed by atoms with van der Waals surface area (Å²) in [7, 11) is 3.35. The highest BCUT2D eigenvalue weighted by molar-refractivity contribution is 5.90. The lowest BCUT2D eigenvalue weighted by Gasteiger charge is -2.17. The van der Waals surface area contributed by atoms with Crippen LogP contribution in [0, 0.1) is 0 Å². The van der Waals surface area contributed by atoms with Crippen LogP contribution in [0.5, 0.6) is 5.75 Å². The SMILES string of the molecule is COc1ccc(Nc2ncc3c(n2)-c2c(c(C(=O)O)nn2C)CC3)cc1. The van der Waals surface area contributed by atoms with Crippen molar-refractivity contribution in [1.29, 1.82) is 0 Å². The number of carboxylic acid groups (broad SMARTS) is 1. The van der Waals surface area contributed by atoms with Crippen molar-refractivity contribution < 1.29 is 14.6 Å². The van der Waals surface area contributed by atoms with Crippen LogP contribution in [0.25, 0.3) is 11.4 Å². The van der Waals surface area contributed by atoms with Crippen molar-refractivity contribution in [1.82, 2.24) is 19.7 Å². The van der Waals surface area contributed by atoms with Gasteiger partial charge in [0, 0.05) is 24.5 Å². The Labute approximate surface area is 149 Å². The number of fused-ring (bicyclic) bond motifs is 3. The van der Waals surface area contributed by atoms with E-state index >= 15 is 0 Å². The minimum Gasteiger partial charge on any atom is -0.497 e. The summed E-state index contributed by atoms with van der Waals surface area (Å²) in [4.78, 5) is 20.4. The van der Waals surface area contributed by atoms with Crippen LogP contribution in [-0.2, 0) is 19.9 Å². The molecule has 0 bridgehead atoms. The number of carbonyl (C=O) groups is 1. The average molecular weight is 351 g/mol. The molecule has 0 unspecified atom stereocenters. The summed E-state index contributed by atoms with van der Waals surface area (Å²) in [6.45, 7) is 0. The highest BCUT2D eigenvalue weighted by Gasteiger charge is 2.28. The monoisotopic (exact) mass is 351 g/mol. The van der Waals surface area contributed by atoms with E-state index in [1.54, 1.807) is 25.0 Å². The second-order valence-corrected chi connectivity index (χ2v) is 6.03. The largest absolute Gasteiger partial charge is 0.497 e. The molecule has 8 heteroatoms. The topological polar surface area (TPSA) is 102 Å². The number of aromatic nitrogens is 4. The van der Waals surface area contributed by atoms with E-state index in [2.05, 4.69) is 20.4 Å². The van der Waals surface area contributed by atoms with Crippen LogP contribution in [-0.4, -0.2) is 37.9 Å². The third kappa shape index (κ3) is 2.65. The van der Waals surface area contributed by atoms with Gasteiger partial charge in [0.15, 0.2) is 5.69 Å². The second kappa shape index (κ2) is 6.14. The first-order valence-electron chi connectivity index (χ1n) is 8.13. The smallest absolute Gasteiger partial charge is 0.356 e. The minimum absolute atomic E-state index is 0.0939. The van der Waals surface area contributed by atoms with Gasteiger partial charge in [-0.1, -0.05) is 0 Å². The molecule has 0 saturated carbocycles. The number of benzene rings is 1. The van der Waals surface area contributed by atoms with Gasteiger partial charge < -0.3 is 15.2 Å². The number of carboxylic acids is 1. The van der Waals surface area contributed by atoms with Gasteiger partial charge in [-0.15, -0.1) is 0 Å². The molecule has 0 fully saturated rings. The van der Waals surface area contributed by atoms with Gasteiger partial charge in [0.2, 0.25) is 5.95 Å². The summed E-state index contributed by atoms with van der Waals surface area (Å²) >= 11 is 0. The zero-order valence-electron chi connectivity index (χ0n) is 14.4. The van der Waals surface area contributed by atoms with Crippen molar-refractivity contribution in [2.45, 2.75) is 12.8 Å². The summed E-state index contributed by atoms with van der Waals surface area (Å²) in [5.74, 6) is 0.193. The maximum absolute atomic E-state index is 11.4. The fourth-order valence-corrected chi connectivity index (χ4v) is 3.19. The lowest BCUT2D eigenvalue weighted by atomic mass is 9.93. The molecular weight excluding hydrogens is 334 g/mol. The molecular formula is C18H17N5O3. The van der Waals surface area contributed by atoms with E-state index in [0.29, 0.717) is 18.8 Å². The Morgan fingerprint density at radius 1 is 1.27 bits per heavy atom. The van der Waals surface area contributed by atoms with Crippen LogP contribution in [0.2, 0.25) is 0 Å². The van der Waals surface area contributed by atoms with Gasteiger partial charge in [-0.3, -0.25) is 4.68 Å². The van der Waals surface area contributed by atoms with Crippen molar-refractivity contribution in [2.75, 3.05) is 12.4 Å². The molecule has 3 aromatic rings. The predicted octanol–water partition coefficient (Wildman–Crippen LogP) is 2.43. The first-order valence-corrected chi connectivity index (χ1v) is 8.13. The van der Waals surface area contributed by atoms with Crippen molar-refractivity contribution in [2.24, 2.45) is 7.05 Å². The molecule has 1 aromatic carbocycles. The van der Waals surface area contributed by atoms with E-state index in [9.17, 15) is 9.90 Å². The summed E-state index contributed by atoms with van der Waals surface area (Å²) in [6.07, 6.45) is 3.09. The van der Waals surface area contributed by atoms with Gasteiger partial charge in [-0.05, 0) is 42.7 Å². The number of rotatable bonds is 4. The van der Waals surface area contributed by atoms with Crippen LogP contribution in [0.4, 0.5) is 11.6 Å². The maximum atomic E-state index is 11.4. The van der Waals surface area contributed by atoms with Gasteiger partial charge >= 0.3 is 5.97 Å². The molecule has 0 spiro atoms. The summed E-state index contributed by atoms with van der Waals surface area (Å²) in [6, 6.07) is 7.44. The number of aryl methyl sites for hydroxylation is 2. The van der Waals surface area contributed by atoms with Gasteiger partial charge in [-0.2, -0.15) is 5.10 Å². The zero-order chi connectivity index (χ0) is 18.3. The Bertz CT molecular complexity index is 995. The van der Waals surface area contributed by atoms with Crippen LogP contribution < -0.4 is 10.1 Å². The summed E-state index contributed by atoms with van der Waals surface area (Å²) in [5, 5.41) is 16.7. The lowest BCUT2D eigenvalue weighted by Crippen LogP contribution is -2.11. The number of hydrogen-bond donors (Lipinski definition) is 2. The molecule has 132 valence electrons. The molecule has 8 nitrogen and oxygen atoms in total. The molecule has 0 saturated heterocycles. The fourth-order valence-electron chi connectivity index (χ4n) is 3.19. The number of aromatic carboxylic acids is 1. The number of nitrogens with one attached hydrogen (secondary N) is 1. The molecule has 2 heterocycles. The Morgan fingerprint density at radius 3 is 2.73 bits per heavy atom. The molecule has 0 radical (unpaired) electrons.